The molecular weight excluding hydrogens is 290 g/mol. The molecule has 0 N–H and O–H groups in total. The number of benzene rings is 2. The van der Waals surface area contributed by atoms with Gasteiger partial charge in [-0.1, -0.05) is 30.3 Å². The van der Waals surface area contributed by atoms with Gasteiger partial charge in [0.15, 0.2) is 0 Å². The van der Waals surface area contributed by atoms with E-state index in [0.717, 1.165) is 5.56 Å². The van der Waals surface area contributed by atoms with E-state index in [4.69, 9.17) is 0 Å². The van der Waals surface area contributed by atoms with Crippen molar-refractivity contribution < 1.29 is 18.3 Å². The maximum Gasteiger partial charge on any atom is 0.264 e. The Morgan fingerprint density at radius 1 is 1.05 bits per heavy atom. The quantitative estimate of drug-likeness (QED) is 0.840. The molecule has 0 radical (unpaired) electrons. The van der Waals surface area contributed by atoms with Crippen molar-refractivity contribution in [2.45, 2.75) is 11.3 Å². The van der Waals surface area contributed by atoms with E-state index in [-0.39, 0.29) is 10.5 Å². The first-order valence-corrected chi connectivity index (χ1v) is 7.86. The van der Waals surface area contributed by atoms with Crippen LogP contribution in [0.25, 0.3) is 0 Å². The Kier molecular flexibility index (Phi) is 3.17. The summed E-state index contributed by atoms with van der Waals surface area (Å²) in [5.41, 5.74) is 1.63. The zero-order chi connectivity index (χ0) is 15.0. The lowest BCUT2D eigenvalue weighted by Gasteiger charge is -2.19. The second kappa shape index (κ2) is 4.89. The highest BCUT2D eigenvalue weighted by atomic mass is 32.2. The van der Waals surface area contributed by atoms with Crippen LogP contribution in [0.3, 0.4) is 0 Å². The van der Waals surface area contributed by atoms with Crippen molar-refractivity contribution in [2.75, 3.05) is 10.8 Å². The number of sulfonamides is 1. The highest BCUT2D eigenvalue weighted by Crippen LogP contribution is 2.32. The Bertz CT molecular complexity index is 797. The van der Waals surface area contributed by atoms with E-state index in [9.17, 15) is 18.3 Å². The molecule has 0 bridgehead atoms. The summed E-state index contributed by atoms with van der Waals surface area (Å²) in [6, 6.07) is 12.4. The minimum absolute atomic E-state index is 0.0456. The van der Waals surface area contributed by atoms with Crippen LogP contribution >= 0.6 is 0 Å². The molecule has 0 spiro atoms. The molecule has 21 heavy (non-hydrogen) atoms. The molecule has 0 saturated heterocycles. The Hall–Kier alpha value is -2.34. The van der Waals surface area contributed by atoms with Crippen LogP contribution in [-0.2, 0) is 16.4 Å². The Labute approximate surface area is 122 Å². The van der Waals surface area contributed by atoms with Crippen molar-refractivity contribution >= 4 is 21.7 Å². The number of rotatable bonds is 3. The minimum atomic E-state index is -3.67. The number of hydrogen-bond acceptors (Lipinski definition) is 4. The summed E-state index contributed by atoms with van der Waals surface area (Å²) in [6.45, 7) is 0.393. The third kappa shape index (κ3) is 2.27. The van der Waals surface area contributed by atoms with Crippen molar-refractivity contribution in [3.8, 4) is 0 Å². The molecule has 5 nitrogen and oxygen atoms in total. The topological polar surface area (TPSA) is 77.5 Å². The standard InChI is InChI=1S/C15H13NO4S/c17-15(18)12-5-7-13(8-6-12)21(19,20)16-10-9-11-3-1-2-4-14(11)16/h1-8H,9-10H2,(H,17,18)/p-1. The number of carboxylic acids is 1. The van der Waals surface area contributed by atoms with Gasteiger partial charge in [-0.25, -0.2) is 8.42 Å². The number of fused-ring (bicyclic) bond motifs is 1. The maximum absolute atomic E-state index is 12.6. The normalized spacial score (nSPS) is 14.0. The second-order valence-corrected chi connectivity index (χ2v) is 6.63. The van der Waals surface area contributed by atoms with Gasteiger partial charge in [-0.15, -0.1) is 0 Å². The summed E-state index contributed by atoms with van der Waals surface area (Å²) in [5.74, 6) is -1.33. The lowest BCUT2D eigenvalue weighted by atomic mass is 10.2. The van der Waals surface area contributed by atoms with Gasteiger partial charge in [-0.05, 0) is 35.7 Å². The third-order valence-corrected chi connectivity index (χ3v) is 5.35. The van der Waals surface area contributed by atoms with Gasteiger partial charge in [-0.3, -0.25) is 4.31 Å². The fourth-order valence-electron chi connectivity index (χ4n) is 2.45. The third-order valence-electron chi connectivity index (χ3n) is 3.52. The number of hydrogen-bond donors (Lipinski definition) is 0. The van der Waals surface area contributed by atoms with Crippen LogP contribution in [0.5, 0.6) is 0 Å². The predicted octanol–water partition coefficient (Wildman–Crippen LogP) is 0.802. The van der Waals surface area contributed by atoms with Crippen molar-refractivity contribution in [1.82, 2.24) is 0 Å². The largest absolute Gasteiger partial charge is 0.545 e. The average molecular weight is 302 g/mol. The summed E-state index contributed by atoms with van der Waals surface area (Å²) >= 11 is 0. The van der Waals surface area contributed by atoms with Gasteiger partial charge >= 0.3 is 0 Å². The first kappa shape index (κ1) is 13.6. The fourth-order valence-corrected chi connectivity index (χ4v) is 3.95. The molecule has 0 aliphatic carbocycles. The SMILES string of the molecule is O=C([O-])c1ccc(S(=O)(=O)N2CCc3ccccc32)cc1. The minimum Gasteiger partial charge on any atom is -0.545 e. The Balaban J connectivity index is 2.00. The highest BCUT2D eigenvalue weighted by molar-refractivity contribution is 7.92. The predicted molar refractivity (Wildman–Crippen MR) is 75.5 cm³/mol. The summed E-state index contributed by atoms with van der Waals surface area (Å²) in [7, 11) is -3.67. The van der Waals surface area contributed by atoms with E-state index < -0.39 is 16.0 Å². The van der Waals surface area contributed by atoms with E-state index in [2.05, 4.69) is 0 Å². The summed E-state index contributed by atoms with van der Waals surface area (Å²) in [6.07, 6.45) is 0.673. The van der Waals surface area contributed by atoms with Gasteiger partial charge < -0.3 is 9.90 Å². The zero-order valence-corrected chi connectivity index (χ0v) is 11.8. The zero-order valence-electron chi connectivity index (χ0n) is 11.0. The molecule has 3 rings (SSSR count). The van der Waals surface area contributed by atoms with Gasteiger partial charge in [0.05, 0.1) is 16.6 Å². The molecule has 1 aliphatic rings. The number of para-hydroxylation sites is 1. The van der Waals surface area contributed by atoms with Crippen LogP contribution in [0, 0.1) is 0 Å². The molecule has 0 aromatic heterocycles. The number of nitrogens with zero attached hydrogens (tertiary/aromatic N) is 1. The van der Waals surface area contributed by atoms with E-state index in [1.165, 1.54) is 28.6 Å². The van der Waals surface area contributed by atoms with Gasteiger partial charge in [0, 0.05) is 6.54 Å². The summed E-state index contributed by atoms with van der Waals surface area (Å²) < 4.78 is 26.6. The number of carbonyl (C=O) groups excluding carboxylic acids is 1. The molecule has 1 heterocycles. The lowest BCUT2D eigenvalue weighted by Crippen LogP contribution is -2.29. The maximum atomic E-state index is 12.6. The van der Waals surface area contributed by atoms with E-state index >= 15 is 0 Å². The average Bonchev–Trinajstić information content (AvgIpc) is 2.92. The summed E-state index contributed by atoms with van der Waals surface area (Å²) in [5, 5.41) is 10.7. The number of carboxylic acid groups (broad SMARTS) is 1. The highest BCUT2D eigenvalue weighted by Gasteiger charge is 2.30. The summed E-state index contributed by atoms with van der Waals surface area (Å²) in [4.78, 5) is 10.8. The van der Waals surface area contributed by atoms with E-state index in [0.29, 0.717) is 18.7 Å². The molecule has 2 aromatic carbocycles. The lowest BCUT2D eigenvalue weighted by molar-refractivity contribution is -0.255. The first-order valence-electron chi connectivity index (χ1n) is 6.42. The van der Waals surface area contributed by atoms with Crippen LogP contribution in [0.4, 0.5) is 5.69 Å². The molecule has 108 valence electrons. The van der Waals surface area contributed by atoms with Gasteiger partial charge in [-0.2, -0.15) is 0 Å². The van der Waals surface area contributed by atoms with Crippen LogP contribution < -0.4 is 9.41 Å². The van der Waals surface area contributed by atoms with Gasteiger partial charge in [0.2, 0.25) is 0 Å². The van der Waals surface area contributed by atoms with Crippen LogP contribution in [-0.4, -0.2) is 20.9 Å². The second-order valence-electron chi connectivity index (χ2n) is 4.77. The van der Waals surface area contributed by atoms with Crippen molar-refractivity contribution in [3.63, 3.8) is 0 Å². The Morgan fingerprint density at radius 3 is 2.38 bits per heavy atom. The first-order chi connectivity index (χ1) is 10.00. The molecule has 0 unspecified atom stereocenters. The number of carbonyl (C=O) groups is 1. The van der Waals surface area contributed by atoms with Gasteiger partial charge in [0.1, 0.15) is 0 Å². The molecule has 0 atom stereocenters. The van der Waals surface area contributed by atoms with Crippen molar-refractivity contribution in [2.24, 2.45) is 0 Å². The molecular formula is C15H12NO4S-. The van der Waals surface area contributed by atoms with Crippen LogP contribution in [0.1, 0.15) is 15.9 Å². The van der Waals surface area contributed by atoms with Gasteiger partial charge in [0.25, 0.3) is 10.0 Å². The molecule has 6 heteroatoms. The van der Waals surface area contributed by atoms with Crippen molar-refractivity contribution in [1.29, 1.82) is 0 Å². The van der Waals surface area contributed by atoms with E-state index in [1.54, 1.807) is 12.1 Å². The molecule has 0 saturated carbocycles. The smallest absolute Gasteiger partial charge is 0.264 e. The van der Waals surface area contributed by atoms with E-state index in [1.807, 2.05) is 12.1 Å². The molecule has 2 aromatic rings. The van der Waals surface area contributed by atoms with Crippen LogP contribution in [0.2, 0.25) is 0 Å². The van der Waals surface area contributed by atoms with Crippen molar-refractivity contribution in [3.05, 3.63) is 59.7 Å². The fraction of sp³-hybridized carbons (Fsp3) is 0.133. The van der Waals surface area contributed by atoms with Crippen LogP contribution in [0.15, 0.2) is 53.4 Å². The molecule has 0 fully saturated rings. The molecule has 1 aliphatic heterocycles. The number of anilines is 1. The monoisotopic (exact) mass is 302 g/mol. The molecule has 0 amide bonds. The number of aromatic carboxylic acids is 1. The Morgan fingerprint density at radius 2 is 1.71 bits per heavy atom.